The molecule has 2 aliphatic carbocycles. The molecule has 0 saturated heterocycles. The first-order valence-electron chi connectivity index (χ1n) is 8.21. The first-order valence-corrected chi connectivity index (χ1v) is 9.69. The van der Waals surface area contributed by atoms with Crippen LogP contribution in [0.15, 0.2) is 23.4 Å². The number of nitrogens with zero attached hydrogens (tertiary/aromatic N) is 1. The van der Waals surface area contributed by atoms with E-state index >= 15 is 0 Å². The lowest BCUT2D eigenvalue weighted by Crippen LogP contribution is -2.40. The fourth-order valence-electron chi connectivity index (χ4n) is 4.17. The smallest absolute Gasteiger partial charge is 0.242 e. The molecule has 4 unspecified atom stereocenters. The predicted molar refractivity (Wildman–Crippen MR) is 87.1 cm³/mol. The van der Waals surface area contributed by atoms with Gasteiger partial charge in [0.1, 0.15) is 4.90 Å². The Morgan fingerprint density at radius 3 is 2.77 bits per heavy atom. The van der Waals surface area contributed by atoms with Gasteiger partial charge in [-0.2, -0.15) is 0 Å². The van der Waals surface area contributed by atoms with Gasteiger partial charge in [0.2, 0.25) is 10.0 Å². The maximum absolute atomic E-state index is 12.6. The van der Waals surface area contributed by atoms with Crippen LogP contribution in [0, 0.1) is 17.8 Å². The molecule has 0 aliphatic heterocycles. The van der Waals surface area contributed by atoms with E-state index in [9.17, 15) is 8.42 Å². The second kappa shape index (κ2) is 6.16. The normalized spacial score (nSPS) is 28.7. The van der Waals surface area contributed by atoms with Crippen LogP contribution in [0.3, 0.4) is 0 Å². The molecule has 2 fully saturated rings. The van der Waals surface area contributed by atoms with E-state index in [4.69, 9.17) is 0 Å². The van der Waals surface area contributed by atoms with E-state index in [1.165, 1.54) is 31.9 Å². The molecule has 2 aliphatic rings. The van der Waals surface area contributed by atoms with Gasteiger partial charge in [-0.3, -0.25) is 4.98 Å². The lowest BCUT2D eigenvalue weighted by atomic mass is 9.84. The van der Waals surface area contributed by atoms with Crippen LogP contribution < -0.4 is 10.0 Å². The third kappa shape index (κ3) is 3.13. The summed E-state index contributed by atoms with van der Waals surface area (Å²) in [5.74, 6) is 2.01. The minimum Gasteiger partial charge on any atom is -0.384 e. The summed E-state index contributed by atoms with van der Waals surface area (Å²) in [7, 11) is -3.51. The summed E-state index contributed by atoms with van der Waals surface area (Å²) in [4.78, 5) is 4.27. The first-order chi connectivity index (χ1) is 10.5. The van der Waals surface area contributed by atoms with Crippen LogP contribution in [-0.4, -0.2) is 26.0 Å². The van der Waals surface area contributed by atoms with Gasteiger partial charge in [0.25, 0.3) is 0 Å². The van der Waals surface area contributed by atoms with Gasteiger partial charge in [0.15, 0.2) is 0 Å². The van der Waals surface area contributed by atoms with Crippen molar-refractivity contribution in [3.63, 3.8) is 0 Å². The SMILES string of the molecule is CCNc1cncc(S(=O)(=O)NC(C)C2CC3CCC2C3)c1. The van der Waals surface area contributed by atoms with Gasteiger partial charge in [0.05, 0.1) is 11.9 Å². The maximum Gasteiger partial charge on any atom is 0.242 e. The molecule has 5 nitrogen and oxygen atoms in total. The van der Waals surface area contributed by atoms with E-state index in [1.807, 2.05) is 13.8 Å². The molecule has 3 rings (SSSR count). The van der Waals surface area contributed by atoms with Crippen LogP contribution >= 0.6 is 0 Å². The Morgan fingerprint density at radius 2 is 2.14 bits per heavy atom. The zero-order valence-corrected chi connectivity index (χ0v) is 14.1. The van der Waals surface area contributed by atoms with Crippen molar-refractivity contribution in [2.24, 2.45) is 17.8 Å². The van der Waals surface area contributed by atoms with Gasteiger partial charge in [-0.05, 0) is 56.9 Å². The highest BCUT2D eigenvalue weighted by molar-refractivity contribution is 7.89. The van der Waals surface area contributed by atoms with E-state index in [0.29, 0.717) is 11.8 Å². The summed E-state index contributed by atoms with van der Waals surface area (Å²) < 4.78 is 28.0. The zero-order chi connectivity index (χ0) is 15.7. The highest BCUT2D eigenvalue weighted by Crippen LogP contribution is 2.49. The molecule has 122 valence electrons. The van der Waals surface area contributed by atoms with Gasteiger partial charge in [-0.15, -0.1) is 0 Å². The monoisotopic (exact) mass is 323 g/mol. The molecule has 0 amide bonds. The van der Waals surface area contributed by atoms with Crippen molar-refractivity contribution < 1.29 is 8.42 Å². The van der Waals surface area contributed by atoms with Crippen LogP contribution in [0.25, 0.3) is 0 Å². The van der Waals surface area contributed by atoms with Crippen LogP contribution in [0.1, 0.15) is 39.5 Å². The maximum atomic E-state index is 12.6. The Hall–Kier alpha value is -1.14. The Balaban J connectivity index is 1.71. The minimum atomic E-state index is -3.51. The standard InChI is InChI=1S/C16H25N3O2S/c1-3-18-14-8-15(10-17-9-14)22(20,21)19-11(2)16-7-12-4-5-13(16)6-12/h8-13,16,18-19H,3-7H2,1-2H3. The second-order valence-corrected chi connectivity index (χ2v) is 8.40. The van der Waals surface area contributed by atoms with E-state index in [-0.39, 0.29) is 10.9 Å². The van der Waals surface area contributed by atoms with Gasteiger partial charge < -0.3 is 5.32 Å². The number of fused-ring (bicyclic) bond motifs is 2. The van der Waals surface area contributed by atoms with Crippen molar-refractivity contribution in [2.75, 3.05) is 11.9 Å². The van der Waals surface area contributed by atoms with E-state index < -0.39 is 10.0 Å². The molecule has 2 saturated carbocycles. The predicted octanol–water partition coefficient (Wildman–Crippen LogP) is 2.62. The molecule has 2 bridgehead atoms. The average Bonchev–Trinajstić information content (AvgIpc) is 3.10. The molecule has 1 heterocycles. The summed E-state index contributed by atoms with van der Waals surface area (Å²) in [6, 6.07) is 1.63. The number of nitrogens with one attached hydrogen (secondary N) is 2. The van der Waals surface area contributed by atoms with Crippen molar-refractivity contribution in [3.8, 4) is 0 Å². The number of aromatic nitrogens is 1. The Bertz CT molecular complexity index is 632. The van der Waals surface area contributed by atoms with Crippen molar-refractivity contribution >= 4 is 15.7 Å². The summed E-state index contributed by atoms with van der Waals surface area (Å²) in [6.45, 7) is 4.71. The highest BCUT2D eigenvalue weighted by Gasteiger charge is 2.42. The van der Waals surface area contributed by atoms with Crippen molar-refractivity contribution in [1.82, 2.24) is 9.71 Å². The van der Waals surface area contributed by atoms with Gasteiger partial charge in [-0.25, -0.2) is 13.1 Å². The number of hydrogen-bond donors (Lipinski definition) is 2. The Labute approximate surface area is 133 Å². The largest absolute Gasteiger partial charge is 0.384 e. The number of hydrogen-bond acceptors (Lipinski definition) is 4. The van der Waals surface area contributed by atoms with E-state index in [2.05, 4.69) is 15.0 Å². The highest BCUT2D eigenvalue weighted by atomic mass is 32.2. The molecule has 0 radical (unpaired) electrons. The molecule has 1 aromatic rings. The summed E-state index contributed by atoms with van der Waals surface area (Å²) in [6.07, 6.45) is 8.10. The van der Waals surface area contributed by atoms with Crippen molar-refractivity contribution in [3.05, 3.63) is 18.5 Å². The quantitative estimate of drug-likeness (QED) is 0.844. The number of pyridine rings is 1. The molecule has 1 aromatic heterocycles. The Morgan fingerprint density at radius 1 is 1.32 bits per heavy atom. The topological polar surface area (TPSA) is 71.1 Å². The third-order valence-corrected chi connectivity index (χ3v) is 6.71. The van der Waals surface area contributed by atoms with Crippen LogP contribution in [0.2, 0.25) is 0 Å². The third-order valence-electron chi connectivity index (χ3n) is 5.18. The van der Waals surface area contributed by atoms with Crippen LogP contribution in [0.5, 0.6) is 0 Å². The minimum absolute atomic E-state index is 0.0110. The lowest BCUT2D eigenvalue weighted by Gasteiger charge is -2.28. The fraction of sp³-hybridized carbons (Fsp3) is 0.688. The second-order valence-electron chi connectivity index (χ2n) is 6.69. The average molecular weight is 323 g/mol. The van der Waals surface area contributed by atoms with Crippen LogP contribution in [-0.2, 0) is 10.0 Å². The Kier molecular flexibility index (Phi) is 4.41. The molecule has 0 aromatic carbocycles. The van der Waals surface area contributed by atoms with E-state index in [0.717, 1.165) is 18.2 Å². The number of anilines is 1. The van der Waals surface area contributed by atoms with Gasteiger partial charge in [-0.1, -0.05) is 6.42 Å². The molecule has 22 heavy (non-hydrogen) atoms. The zero-order valence-electron chi connectivity index (χ0n) is 13.2. The summed E-state index contributed by atoms with van der Waals surface area (Å²) in [5, 5.41) is 3.10. The number of rotatable bonds is 6. The summed E-state index contributed by atoms with van der Waals surface area (Å²) >= 11 is 0. The van der Waals surface area contributed by atoms with Crippen molar-refractivity contribution in [2.45, 2.75) is 50.5 Å². The van der Waals surface area contributed by atoms with Crippen molar-refractivity contribution in [1.29, 1.82) is 0 Å². The fourth-order valence-corrected chi connectivity index (χ4v) is 5.46. The molecule has 0 spiro atoms. The van der Waals surface area contributed by atoms with Gasteiger partial charge in [0, 0.05) is 18.8 Å². The molecule has 2 N–H and O–H groups in total. The van der Waals surface area contributed by atoms with Gasteiger partial charge >= 0.3 is 0 Å². The number of sulfonamides is 1. The molecular weight excluding hydrogens is 298 g/mol. The van der Waals surface area contributed by atoms with E-state index in [1.54, 1.807) is 12.3 Å². The first kappa shape index (κ1) is 15.7. The lowest BCUT2D eigenvalue weighted by molar-refractivity contribution is 0.280. The molecule has 6 heteroatoms. The van der Waals surface area contributed by atoms with Crippen LogP contribution in [0.4, 0.5) is 5.69 Å². The molecule has 4 atom stereocenters. The summed E-state index contributed by atoms with van der Waals surface area (Å²) in [5.41, 5.74) is 0.734. The molecular formula is C16H25N3O2S.